The fourth-order valence-corrected chi connectivity index (χ4v) is 1.54. The molecular weight excluding hydrogens is 188 g/mol. The maximum atomic E-state index is 10.9. The molecule has 1 atom stereocenters. The minimum atomic E-state index is -0.632. The van der Waals surface area contributed by atoms with Crippen molar-refractivity contribution < 1.29 is 9.90 Å². The summed E-state index contributed by atoms with van der Waals surface area (Å²) in [5.41, 5.74) is 0. The molecule has 1 unspecified atom stereocenters. The van der Waals surface area contributed by atoms with Gasteiger partial charge in [0.15, 0.2) is 0 Å². The van der Waals surface area contributed by atoms with Gasteiger partial charge in [0.2, 0.25) is 0 Å². The molecular formula is C13H24O2. The Morgan fingerprint density at radius 1 is 1.13 bits per heavy atom. The second kappa shape index (κ2) is 9.75. The first kappa shape index (κ1) is 14.2. The van der Waals surface area contributed by atoms with Gasteiger partial charge in [-0.05, 0) is 25.7 Å². The summed E-state index contributed by atoms with van der Waals surface area (Å²) in [7, 11) is 0. The fraction of sp³-hybridized carbons (Fsp3) is 0.769. The third kappa shape index (κ3) is 8.22. The van der Waals surface area contributed by atoms with Crippen LogP contribution >= 0.6 is 0 Å². The molecule has 0 fully saturated rings. The maximum Gasteiger partial charge on any atom is 0.306 e. The minimum Gasteiger partial charge on any atom is -0.481 e. The van der Waals surface area contributed by atoms with Crippen molar-refractivity contribution in [2.45, 2.75) is 58.8 Å². The summed E-state index contributed by atoms with van der Waals surface area (Å²) in [6.07, 6.45) is 11.2. The molecule has 0 aliphatic rings. The maximum absolute atomic E-state index is 10.9. The fourth-order valence-electron chi connectivity index (χ4n) is 1.54. The van der Waals surface area contributed by atoms with Crippen molar-refractivity contribution in [1.82, 2.24) is 0 Å². The van der Waals surface area contributed by atoms with Gasteiger partial charge in [-0.3, -0.25) is 4.79 Å². The van der Waals surface area contributed by atoms with Crippen LogP contribution < -0.4 is 0 Å². The van der Waals surface area contributed by atoms with Crippen LogP contribution in [0.3, 0.4) is 0 Å². The highest BCUT2D eigenvalue weighted by atomic mass is 16.4. The molecule has 15 heavy (non-hydrogen) atoms. The van der Waals surface area contributed by atoms with Crippen molar-refractivity contribution in [1.29, 1.82) is 0 Å². The van der Waals surface area contributed by atoms with E-state index in [4.69, 9.17) is 5.11 Å². The van der Waals surface area contributed by atoms with Gasteiger partial charge < -0.3 is 5.11 Å². The van der Waals surface area contributed by atoms with E-state index in [0.29, 0.717) is 0 Å². The van der Waals surface area contributed by atoms with E-state index in [9.17, 15) is 4.79 Å². The Balaban J connectivity index is 3.70. The molecule has 0 aromatic carbocycles. The lowest BCUT2D eigenvalue weighted by Gasteiger charge is -2.09. The molecule has 2 nitrogen and oxygen atoms in total. The molecule has 0 aliphatic carbocycles. The van der Waals surface area contributed by atoms with Gasteiger partial charge >= 0.3 is 5.97 Å². The Morgan fingerprint density at radius 3 is 2.33 bits per heavy atom. The highest BCUT2D eigenvalue weighted by molar-refractivity contribution is 5.69. The van der Waals surface area contributed by atoms with E-state index in [1.807, 2.05) is 0 Å². The number of carboxylic acids is 1. The third-order valence-electron chi connectivity index (χ3n) is 2.56. The van der Waals surface area contributed by atoms with Crippen molar-refractivity contribution in [2.24, 2.45) is 5.92 Å². The Morgan fingerprint density at radius 2 is 1.80 bits per heavy atom. The molecule has 0 aromatic heterocycles. The number of hydrogen-bond donors (Lipinski definition) is 1. The number of unbranched alkanes of at least 4 members (excludes halogenated alkanes) is 2. The van der Waals surface area contributed by atoms with Crippen molar-refractivity contribution in [3.05, 3.63) is 12.2 Å². The molecule has 0 heterocycles. The molecule has 0 radical (unpaired) electrons. The standard InChI is InChI=1S/C13H24O2/c1-3-5-7-8-9-11-12(13(14)15)10-6-4-2/h7-8,12H,3-6,9-11H2,1-2H3,(H,14,15). The Hall–Kier alpha value is -0.790. The van der Waals surface area contributed by atoms with E-state index in [2.05, 4.69) is 26.0 Å². The lowest BCUT2D eigenvalue weighted by Crippen LogP contribution is -2.13. The highest BCUT2D eigenvalue weighted by Gasteiger charge is 2.14. The van der Waals surface area contributed by atoms with Gasteiger partial charge in [-0.25, -0.2) is 0 Å². The van der Waals surface area contributed by atoms with Crippen molar-refractivity contribution >= 4 is 5.97 Å². The number of aliphatic carboxylic acids is 1. The molecule has 0 saturated carbocycles. The zero-order valence-corrected chi connectivity index (χ0v) is 10.0. The van der Waals surface area contributed by atoms with Gasteiger partial charge in [0.05, 0.1) is 5.92 Å². The number of rotatable bonds is 9. The second-order valence-corrected chi connectivity index (χ2v) is 4.01. The second-order valence-electron chi connectivity index (χ2n) is 4.01. The van der Waals surface area contributed by atoms with Crippen molar-refractivity contribution in [2.75, 3.05) is 0 Å². The van der Waals surface area contributed by atoms with E-state index in [1.54, 1.807) is 0 Å². The highest BCUT2D eigenvalue weighted by Crippen LogP contribution is 2.15. The van der Waals surface area contributed by atoms with Crippen molar-refractivity contribution in [3.63, 3.8) is 0 Å². The van der Waals surface area contributed by atoms with Gasteiger partial charge in [-0.15, -0.1) is 0 Å². The van der Waals surface area contributed by atoms with Gasteiger partial charge in [0, 0.05) is 0 Å². The zero-order valence-electron chi connectivity index (χ0n) is 10.0. The lowest BCUT2D eigenvalue weighted by molar-refractivity contribution is -0.142. The van der Waals surface area contributed by atoms with E-state index in [0.717, 1.165) is 44.9 Å². The Labute approximate surface area is 93.4 Å². The summed E-state index contributed by atoms with van der Waals surface area (Å²) in [5.74, 6) is -0.774. The summed E-state index contributed by atoms with van der Waals surface area (Å²) in [6, 6.07) is 0. The molecule has 0 saturated heterocycles. The SMILES string of the molecule is CCCC=CCCC(CCCC)C(=O)O. The molecule has 0 amide bonds. The molecule has 1 N–H and O–H groups in total. The first-order valence-electron chi connectivity index (χ1n) is 6.10. The number of hydrogen-bond acceptors (Lipinski definition) is 1. The van der Waals surface area contributed by atoms with Crippen LogP contribution in [0.25, 0.3) is 0 Å². The number of allylic oxidation sites excluding steroid dienone is 2. The predicted octanol–water partition coefficient (Wildman–Crippen LogP) is 4.01. The first-order chi connectivity index (χ1) is 7.22. The number of carboxylic acid groups (broad SMARTS) is 1. The summed E-state index contributed by atoms with van der Waals surface area (Å²) in [4.78, 5) is 10.9. The monoisotopic (exact) mass is 212 g/mol. The first-order valence-corrected chi connectivity index (χ1v) is 6.10. The van der Waals surface area contributed by atoms with Crippen LogP contribution in [-0.2, 0) is 4.79 Å². The zero-order chi connectivity index (χ0) is 11.5. The Bertz CT molecular complexity index is 185. The molecule has 0 aromatic rings. The molecule has 88 valence electrons. The Kier molecular flexibility index (Phi) is 9.24. The van der Waals surface area contributed by atoms with E-state index in [1.165, 1.54) is 0 Å². The summed E-state index contributed by atoms with van der Waals surface area (Å²) in [6.45, 7) is 4.24. The molecule has 0 bridgehead atoms. The molecule has 0 spiro atoms. The average molecular weight is 212 g/mol. The van der Waals surface area contributed by atoms with Crippen LogP contribution in [-0.4, -0.2) is 11.1 Å². The van der Waals surface area contributed by atoms with Crippen LogP contribution in [0.4, 0.5) is 0 Å². The largest absolute Gasteiger partial charge is 0.481 e. The summed E-state index contributed by atoms with van der Waals surface area (Å²) in [5, 5.41) is 8.98. The van der Waals surface area contributed by atoms with Crippen LogP contribution in [0.5, 0.6) is 0 Å². The van der Waals surface area contributed by atoms with Crippen LogP contribution in [0, 0.1) is 5.92 Å². The molecule has 0 aliphatic heterocycles. The molecule has 0 rings (SSSR count). The molecule has 2 heteroatoms. The van der Waals surface area contributed by atoms with Gasteiger partial charge in [-0.1, -0.05) is 45.3 Å². The topological polar surface area (TPSA) is 37.3 Å². The normalized spacial score (nSPS) is 13.2. The van der Waals surface area contributed by atoms with Crippen LogP contribution in [0.1, 0.15) is 58.8 Å². The van der Waals surface area contributed by atoms with Gasteiger partial charge in [0.1, 0.15) is 0 Å². The van der Waals surface area contributed by atoms with Crippen molar-refractivity contribution in [3.8, 4) is 0 Å². The van der Waals surface area contributed by atoms with Gasteiger partial charge in [-0.2, -0.15) is 0 Å². The average Bonchev–Trinajstić information content (AvgIpc) is 2.21. The quantitative estimate of drug-likeness (QED) is 0.586. The van der Waals surface area contributed by atoms with E-state index in [-0.39, 0.29) is 5.92 Å². The van der Waals surface area contributed by atoms with E-state index >= 15 is 0 Å². The summed E-state index contributed by atoms with van der Waals surface area (Å²) >= 11 is 0. The number of carbonyl (C=O) groups is 1. The third-order valence-corrected chi connectivity index (χ3v) is 2.56. The minimum absolute atomic E-state index is 0.142. The van der Waals surface area contributed by atoms with Gasteiger partial charge in [0.25, 0.3) is 0 Å². The van der Waals surface area contributed by atoms with E-state index < -0.39 is 5.97 Å². The lowest BCUT2D eigenvalue weighted by atomic mass is 9.97. The van der Waals surface area contributed by atoms with Crippen LogP contribution in [0.2, 0.25) is 0 Å². The smallest absolute Gasteiger partial charge is 0.306 e. The van der Waals surface area contributed by atoms with Crippen LogP contribution in [0.15, 0.2) is 12.2 Å². The summed E-state index contributed by atoms with van der Waals surface area (Å²) < 4.78 is 0. The predicted molar refractivity (Wildman–Crippen MR) is 63.9 cm³/mol.